The normalized spacial score (nSPS) is 20.8. The number of aliphatic hydroxyl groups excluding tert-OH is 1. The molecule has 0 spiro atoms. The fraction of sp³-hybridized carbons (Fsp3) is 0.571. The summed E-state index contributed by atoms with van der Waals surface area (Å²) in [6.45, 7) is 5.85. The number of benzene rings is 1. The van der Waals surface area contributed by atoms with Gasteiger partial charge in [-0.25, -0.2) is 0 Å². The molecule has 1 aromatic rings. The Morgan fingerprint density at radius 3 is 2.37 bits per heavy atom. The molecule has 0 aliphatic carbocycles. The third-order valence-corrected chi connectivity index (χ3v) is 3.67. The van der Waals surface area contributed by atoms with Crippen molar-refractivity contribution in [3.63, 3.8) is 0 Å². The van der Waals surface area contributed by atoms with Gasteiger partial charge in [-0.15, -0.1) is 0 Å². The van der Waals surface area contributed by atoms with Crippen LogP contribution in [0, 0.1) is 0 Å². The number of fused-ring (bicyclic) bond motifs is 1. The molecule has 5 heteroatoms. The van der Waals surface area contributed by atoms with Crippen molar-refractivity contribution in [1.82, 2.24) is 0 Å². The zero-order valence-corrected chi connectivity index (χ0v) is 11.2. The van der Waals surface area contributed by atoms with E-state index < -0.39 is 23.8 Å². The summed E-state index contributed by atoms with van der Waals surface area (Å²) >= 11 is 0. The number of halogens is 3. The highest BCUT2D eigenvalue weighted by Gasteiger charge is 2.42. The van der Waals surface area contributed by atoms with Gasteiger partial charge in [0.15, 0.2) is 0 Å². The Balaban J connectivity index is 2.60. The minimum Gasteiger partial charge on any atom is -0.393 e. The van der Waals surface area contributed by atoms with Crippen LogP contribution in [0.15, 0.2) is 18.2 Å². The molecular formula is C14H18F3NO. The second kappa shape index (κ2) is 4.71. The van der Waals surface area contributed by atoms with Crippen molar-refractivity contribution < 1.29 is 18.3 Å². The maximum Gasteiger partial charge on any atom is 0.416 e. The molecule has 0 radical (unpaired) electrons. The van der Waals surface area contributed by atoms with Crippen molar-refractivity contribution in [2.75, 3.05) is 11.4 Å². The Labute approximate surface area is 110 Å². The molecule has 2 nitrogen and oxygen atoms in total. The highest BCUT2D eigenvalue weighted by Crippen LogP contribution is 2.46. The van der Waals surface area contributed by atoms with Gasteiger partial charge in [-0.1, -0.05) is 6.07 Å². The third kappa shape index (κ3) is 2.43. The molecule has 2 atom stereocenters. The average molecular weight is 273 g/mol. The van der Waals surface area contributed by atoms with Crippen LogP contribution < -0.4 is 4.90 Å². The van der Waals surface area contributed by atoms with Crippen LogP contribution in [0.25, 0.3) is 0 Å². The van der Waals surface area contributed by atoms with Gasteiger partial charge in [-0.3, -0.25) is 0 Å². The lowest BCUT2D eigenvalue weighted by atomic mass is 9.92. The van der Waals surface area contributed by atoms with Gasteiger partial charge in [-0.05, 0) is 38.5 Å². The van der Waals surface area contributed by atoms with Crippen LogP contribution in [-0.2, 0) is 6.18 Å². The molecule has 1 aromatic carbocycles. The maximum atomic E-state index is 13.1. The van der Waals surface area contributed by atoms with Gasteiger partial charge in [0.05, 0.1) is 11.7 Å². The molecule has 106 valence electrons. The largest absolute Gasteiger partial charge is 0.416 e. The quantitative estimate of drug-likeness (QED) is 0.892. The van der Waals surface area contributed by atoms with Gasteiger partial charge in [0.1, 0.15) is 0 Å². The monoisotopic (exact) mass is 273 g/mol. The summed E-state index contributed by atoms with van der Waals surface area (Å²) in [5.41, 5.74) is 0.202. The first-order valence-corrected chi connectivity index (χ1v) is 6.38. The maximum absolute atomic E-state index is 13.1. The molecular weight excluding hydrogens is 255 g/mol. The van der Waals surface area contributed by atoms with E-state index in [1.165, 1.54) is 6.07 Å². The van der Waals surface area contributed by atoms with Gasteiger partial charge in [0.25, 0.3) is 0 Å². The van der Waals surface area contributed by atoms with Crippen LogP contribution in [-0.4, -0.2) is 23.8 Å². The Hall–Kier alpha value is -1.23. The number of rotatable bonds is 2. The van der Waals surface area contributed by atoms with Crippen molar-refractivity contribution >= 4 is 5.69 Å². The first-order valence-electron chi connectivity index (χ1n) is 6.38. The summed E-state index contributed by atoms with van der Waals surface area (Å²) < 4.78 is 39.3. The van der Waals surface area contributed by atoms with E-state index in [4.69, 9.17) is 0 Å². The number of anilines is 1. The second-order valence-electron chi connectivity index (χ2n) is 5.33. The first-order chi connectivity index (χ1) is 8.73. The molecule has 2 unspecified atom stereocenters. The fourth-order valence-electron chi connectivity index (χ4n) is 2.72. The Morgan fingerprint density at radius 1 is 1.26 bits per heavy atom. The molecule has 0 saturated carbocycles. The Kier molecular flexibility index (Phi) is 3.51. The summed E-state index contributed by atoms with van der Waals surface area (Å²) in [7, 11) is 0. The second-order valence-corrected chi connectivity index (χ2v) is 5.33. The van der Waals surface area contributed by atoms with E-state index in [2.05, 4.69) is 0 Å². The molecule has 19 heavy (non-hydrogen) atoms. The highest BCUT2D eigenvalue weighted by atomic mass is 19.4. The SMILES string of the molecule is CC(O)C1CN(C(C)C)c2cccc(C(F)(F)F)c21. The van der Waals surface area contributed by atoms with Crippen LogP contribution in [0.3, 0.4) is 0 Å². The average Bonchev–Trinajstić information content (AvgIpc) is 2.66. The van der Waals surface area contributed by atoms with Gasteiger partial charge in [0.2, 0.25) is 0 Å². The predicted molar refractivity (Wildman–Crippen MR) is 68.3 cm³/mol. The summed E-state index contributed by atoms with van der Waals surface area (Å²) in [5.74, 6) is -0.491. The van der Waals surface area contributed by atoms with E-state index in [0.717, 1.165) is 6.07 Å². The van der Waals surface area contributed by atoms with Crippen molar-refractivity contribution in [3.05, 3.63) is 29.3 Å². The van der Waals surface area contributed by atoms with Crippen molar-refractivity contribution in [2.24, 2.45) is 0 Å². The van der Waals surface area contributed by atoms with Gasteiger partial charge < -0.3 is 10.0 Å². The van der Waals surface area contributed by atoms with Crippen LogP contribution in [0.4, 0.5) is 18.9 Å². The van der Waals surface area contributed by atoms with E-state index >= 15 is 0 Å². The number of hydrogen-bond acceptors (Lipinski definition) is 2. The van der Waals surface area contributed by atoms with E-state index in [-0.39, 0.29) is 11.6 Å². The van der Waals surface area contributed by atoms with Gasteiger partial charge >= 0.3 is 6.18 Å². The van der Waals surface area contributed by atoms with Crippen molar-refractivity contribution in [2.45, 2.75) is 45.0 Å². The zero-order chi connectivity index (χ0) is 14.4. The topological polar surface area (TPSA) is 23.5 Å². The predicted octanol–water partition coefficient (Wildman–Crippen LogP) is 3.40. The summed E-state index contributed by atoms with van der Waals surface area (Å²) in [6, 6.07) is 4.33. The molecule has 1 heterocycles. The third-order valence-electron chi connectivity index (χ3n) is 3.67. The number of aliphatic hydroxyl groups is 1. The molecule has 0 aromatic heterocycles. The van der Waals surface area contributed by atoms with Gasteiger partial charge in [-0.2, -0.15) is 13.2 Å². The molecule has 0 bridgehead atoms. The van der Waals surface area contributed by atoms with Crippen LogP contribution in [0.1, 0.15) is 37.8 Å². The number of alkyl halides is 3. The van der Waals surface area contributed by atoms with E-state index in [0.29, 0.717) is 12.2 Å². The minimum absolute atomic E-state index is 0.103. The van der Waals surface area contributed by atoms with Crippen LogP contribution in [0.5, 0.6) is 0 Å². The van der Waals surface area contributed by atoms with E-state index in [1.54, 1.807) is 13.0 Å². The van der Waals surface area contributed by atoms with Crippen LogP contribution in [0.2, 0.25) is 0 Å². The molecule has 1 aliphatic rings. The lowest BCUT2D eigenvalue weighted by molar-refractivity contribution is -0.138. The summed E-state index contributed by atoms with van der Waals surface area (Å²) in [4.78, 5) is 1.92. The van der Waals surface area contributed by atoms with E-state index in [1.807, 2.05) is 18.7 Å². The standard InChI is InChI=1S/C14H18F3NO/c1-8(2)18-7-10(9(3)19)13-11(14(15,16)17)5-4-6-12(13)18/h4-6,8-10,19H,7H2,1-3H3. The van der Waals surface area contributed by atoms with Gasteiger partial charge in [0, 0.05) is 24.2 Å². The zero-order valence-electron chi connectivity index (χ0n) is 11.2. The van der Waals surface area contributed by atoms with Crippen molar-refractivity contribution in [3.8, 4) is 0 Å². The lowest BCUT2D eigenvalue weighted by Crippen LogP contribution is -2.31. The van der Waals surface area contributed by atoms with Crippen LogP contribution >= 0.6 is 0 Å². The molecule has 0 fully saturated rings. The smallest absolute Gasteiger partial charge is 0.393 e. The van der Waals surface area contributed by atoms with E-state index in [9.17, 15) is 18.3 Å². The summed E-state index contributed by atoms with van der Waals surface area (Å²) in [6.07, 6.45) is -5.18. The molecule has 0 amide bonds. The first kappa shape index (κ1) is 14.2. The summed E-state index contributed by atoms with van der Waals surface area (Å²) in [5, 5.41) is 9.79. The minimum atomic E-state index is -4.38. The fourth-order valence-corrected chi connectivity index (χ4v) is 2.72. The highest BCUT2D eigenvalue weighted by molar-refractivity contribution is 5.64. The molecule has 2 rings (SSSR count). The molecule has 0 saturated heterocycles. The Bertz CT molecular complexity index is 468. The number of hydrogen-bond donors (Lipinski definition) is 1. The Morgan fingerprint density at radius 2 is 1.89 bits per heavy atom. The number of nitrogens with zero attached hydrogens (tertiary/aromatic N) is 1. The molecule has 1 aliphatic heterocycles. The lowest BCUT2D eigenvalue weighted by Gasteiger charge is -2.25. The molecule has 1 N–H and O–H groups in total. The van der Waals surface area contributed by atoms with Crippen molar-refractivity contribution in [1.29, 1.82) is 0 Å².